The number of ether oxygens (including phenoxy) is 1. The Morgan fingerprint density at radius 3 is 1.96 bits per heavy atom. The summed E-state index contributed by atoms with van der Waals surface area (Å²) in [6, 6.07) is 20.0. The minimum absolute atomic E-state index is 0.00163. The van der Waals surface area contributed by atoms with E-state index in [1.54, 1.807) is 19.5 Å². The summed E-state index contributed by atoms with van der Waals surface area (Å²) in [5, 5.41) is 15.3. The molecule has 0 unspecified atom stereocenters. The number of halogens is 6. The van der Waals surface area contributed by atoms with Gasteiger partial charge in [-0.3, -0.25) is 9.78 Å². The van der Waals surface area contributed by atoms with Crippen LogP contribution in [0.25, 0.3) is 22.0 Å². The van der Waals surface area contributed by atoms with E-state index in [9.17, 15) is 31.1 Å². The number of alkyl halides is 6. The van der Waals surface area contributed by atoms with E-state index in [2.05, 4.69) is 33.1 Å². The molecule has 0 atom stereocenters. The quantitative estimate of drug-likeness (QED) is 0.182. The maximum atomic E-state index is 13.5. The second-order valence-corrected chi connectivity index (χ2v) is 10.1. The maximum absolute atomic E-state index is 13.5. The second kappa shape index (κ2) is 17.0. The van der Waals surface area contributed by atoms with Gasteiger partial charge >= 0.3 is 24.3 Å². The van der Waals surface area contributed by atoms with Crippen molar-refractivity contribution in [2.24, 2.45) is 0 Å². The van der Waals surface area contributed by atoms with Gasteiger partial charge in [0.05, 0.1) is 7.11 Å². The number of hydrogen-bond donors (Lipinski definition) is 3. The molecule has 254 valence electrons. The van der Waals surface area contributed by atoms with Gasteiger partial charge in [-0.15, -0.1) is 0 Å². The van der Waals surface area contributed by atoms with Gasteiger partial charge in [0.2, 0.25) is 0 Å². The number of carbonyl (C=O) groups excluding carboxylic acids is 1. The number of fused-ring (bicyclic) bond motifs is 1. The Morgan fingerprint density at radius 1 is 0.830 bits per heavy atom. The van der Waals surface area contributed by atoms with Crippen molar-refractivity contribution >= 4 is 28.7 Å². The van der Waals surface area contributed by atoms with Crippen molar-refractivity contribution in [3.05, 3.63) is 84.3 Å². The number of amides is 1. The highest BCUT2D eigenvalue weighted by atomic mass is 19.4. The molecule has 2 aromatic heterocycles. The van der Waals surface area contributed by atoms with Crippen LogP contribution in [0.2, 0.25) is 0 Å². The molecule has 4 aromatic rings. The number of aromatic nitrogens is 2. The van der Waals surface area contributed by atoms with Crippen LogP contribution in [0.5, 0.6) is 5.75 Å². The van der Waals surface area contributed by atoms with Crippen molar-refractivity contribution in [3.8, 4) is 16.9 Å². The number of pyridine rings is 1. The fraction of sp³-hybridized carbons (Fsp3) is 0.290. The summed E-state index contributed by atoms with van der Waals surface area (Å²) >= 11 is 0. The zero-order valence-corrected chi connectivity index (χ0v) is 25.4. The molecule has 16 heteroatoms. The standard InChI is InChI=1S/C27H30N4O2.2C2HF3O2/c1-30(2)14-5-15-31(19-20-6-4-7-24(16-20)33-3)27(32)26-18-23-9-8-22(17-25(23)29-26)21-10-12-28-13-11-21;2*3-2(4,5)1(6)7/h4,6-13,16-18,29H,5,14-15,19H2,1-3H3;2*(H,6,7). The van der Waals surface area contributed by atoms with Crippen molar-refractivity contribution in [2.45, 2.75) is 25.3 Å². The summed E-state index contributed by atoms with van der Waals surface area (Å²) < 4.78 is 68.8. The summed E-state index contributed by atoms with van der Waals surface area (Å²) in [5.41, 5.74) is 4.78. The molecule has 0 aliphatic rings. The van der Waals surface area contributed by atoms with E-state index in [0.717, 1.165) is 46.3 Å². The number of carbonyl (C=O) groups is 3. The Kier molecular flexibility index (Phi) is 13.8. The van der Waals surface area contributed by atoms with Crippen LogP contribution in [-0.4, -0.2) is 94.5 Å². The Balaban J connectivity index is 0.000000459. The third-order valence-electron chi connectivity index (χ3n) is 6.18. The summed E-state index contributed by atoms with van der Waals surface area (Å²) in [5.74, 6) is -4.72. The van der Waals surface area contributed by atoms with Crippen LogP contribution in [0.3, 0.4) is 0 Å². The summed E-state index contributed by atoms with van der Waals surface area (Å²) in [7, 11) is 5.75. The van der Waals surface area contributed by atoms with Gasteiger partial charge in [-0.05, 0) is 80.1 Å². The molecule has 2 aromatic carbocycles. The van der Waals surface area contributed by atoms with Crippen molar-refractivity contribution in [2.75, 3.05) is 34.3 Å². The van der Waals surface area contributed by atoms with Crippen LogP contribution < -0.4 is 4.74 Å². The summed E-state index contributed by atoms with van der Waals surface area (Å²) in [6.07, 6.45) is -5.70. The predicted molar refractivity (Wildman–Crippen MR) is 160 cm³/mol. The zero-order valence-electron chi connectivity index (χ0n) is 25.4. The van der Waals surface area contributed by atoms with Gasteiger partial charge in [0.1, 0.15) is 11.4 Å². The molecule has 1 amide bonds. The average molecular weight is 671 g/mol. The van der Waals surface area contributed by atoms with Crippen LogP contribution in [0.4, 0.5) is 26.3 Å². The predicted octanol–water partition coefficient (Wildman–Crippen LogP) is 6.10. The number of carboxylic acid groups (broad SMARTS) is 2. The van der Waals surface area contributed by atoms with E-state index in [4.69, 9.17) is 24.5 Å². The molecule has 47 heavy (non-hydrogen) atoms. The van der Waals surface area contributed by atoms with Gasteiger partial charge in [0, 0.05) is 36.4 Å². The molecule has 0 aliphatic heterocycles. The molecule has 10 nitrogen and oxygen atoms in total. The molecule has 0 spiro atoms. The Labute approximate surface area is 265 Å². The van der Waals surface area contributed by atoms with E-state index in [0.29, 0.717) is 18.8 Å². The summed E-state index contributed by atoms with van der Waals surface area (Å²) in [4.78, 5) is 42.8. The molecular formula is C31H32F6N4O6. The van der Waals surface area contributed by atoms with Crippen molar-refractivity contribution < 1.29 is 55.7 Å². The normalized spacial score (nSPS) is 11.2. The van der Waals surface area contributed by atoms with Gasteiger partial charge in [0.25, 0.3) is 5.91 Å². The second-order valence-electron chi connectivity index (χ2n) is 10.1. The van der Waals surface area contributed by atoms with Crippen LogP contribution >= 0.6 is 0 Å². The zero-order chi connectivity index (χ0) is 35.4. The molecule has 3 N–H and O–H groups in total. The first-order chi connectivity index (χ1) is 21.9. The van der Waals surface area contributed by atoms with Gasteiger partial charge in [0.15, 0.2) is 0 Å². The minimum atomic E-state index is -5.08. The third-order valence-corrected chi connectivity index (χ3v) is 6.18. The lowest BCUT2D eigenvalue weighted by molar-refractivity contribution is -0.193. The molecule has 0 aliphatic carbocycles. The first-order valence-electron chi connectivity index (χ1n) is 13.6. The Hall–Kier alpha value is -5.12. The van der Waals surface area contributed by atoms with E-state index in [1.165, 1.54) is 0 Å². The smallest absolute Gasteiger partial charge is 0.490 e. The first-order valence-corrected chi connectivity index (χ1v) is 13.6. The monoisotopic (exact) mass is 670 g/mol. The Morgan fingerprint density at radius 2 is 1.43 bits per heavy atom. The molecule has 4 rings (SSSR count). The number of hydrogen-bond acceptors (Lipinski definition) is 6. The average Bonchev–Trinajstić information content (AvgIpc) is 3.44. The first kappa shape index (κ1) is 38.1. The highest BCUT2D eigenvalue weighted by molar-refractivity contribution is 5.98. The number of H-pyrrole nitrogens is 1. The molecule has 0 fully saturated rings. The van der Waals surface area contributed by atoms with Gasteiger partial charge in [-0.2, -0.15) is 26.3 Å². The van der Waals surface area contributed by atoms with Crippen molar-refractivity contribution in [1.29, 1.82) is 0 Å². The van der Waals surface area contributed by atoms with Crippen molar-refractivity contribution in [1.82, 2.24) is 19.8 Å². The number of carboxylic acids is 2. The number of aromatic amines is 1. The molecule has 0 bridgehead atoms. The molecular weight excluding hydrogens is 638 g/mol. The van der Waals surface area contributed by atoms with Crippen LogP contribution in [0, 0.1) is 0 Å². The van der Waals surface area contributed by atoms with Gasteiger partial charge in [-0.25, -0.2) is 9.59 Å². The largest absolute Gasteiger partial charge is 0.497 e. The van der Waals surface area contributed by atoms with Crippen LogP contribution in [-0.2, 0) is 16.1 Å². The van der Waals surface area contributed by atoms with Gasteiger partial charge in [-0.1, -0.05) is 24.3 Å². The Bertz CT molecular complexity index is 1600. The lowest BCUT2D eigenvalue weighted by Crippen LogP contribution is -2.33. The lowest BCUT2D eigenvalue weighted by Gasteiger charge is -2.23. The highest BCUT2D eigenvalue weighted by Gasteiger charge is 2.38. The van der Waals surface area contributed by atoms with E-state index < -0.39 is 24.3 Å². The van der Waals surface area contributed by atoms with E-state index in [1.807, 2.05) is 61.5 Å². The highest BCUT2D eigenvalue weighted by Crippen LogP contribution is 2.25. The number of nitrogens with zero attached hydrogens (tertiary/aromatic N) is 3. The van der Waals surface area contributed by atoms with Crippen LogP contribution in [0.15, 0.2) is 73.1 Å². The summed E-state index contributed by atoms with van der Waals surface area (Å²) in [6.45, 7) is 2.12. The minimum Gasteiger partial charge on any atom is -0.497 e. The molecule has 0 saturated heterocycles. The maximum Gasteiger partial charge on any atom is 0.490 e. The number of aliphatic carboxylic acids is 2. The molecule has 2 heterocycles. The topological polar surface area (TPSA) is 136 Å². The molecule has 0 radical (unpaired) electrons. The number of methoxy groups -OCH3 is 1. The van der Waals surface area contributed by atoms with E-state index in [-0.39, 0.29) is 5.91 Å². The lowest BCUT2D eigenvalue weighted by atomic mass is 10.1. The van der Waals surface area contributed by atoms with Gasteiger partial charge < -0.3 is 29.7 Å². The van der Waals surface area contributed by atoms with Crippen LogP contribution in [0.1, 0.15) is 22.5 Å². The number of benzene rings is 2. The number of nitrogens with one attached hydrogen (secondary N) is 1. The van der Waals surface area contributed by atoms with Crippen molar-refractivity contribution in [3.63, 3.8) is 0 Å². The number of rotatable bonds is 9. The third kappa shape index (κ3) is 12.7. The SMILES string of the molecule is COc1cccc(CN(CCCN(C)C)C(=O)c2cc3ccc(-c4ccncc4)cc3[nH]2)c1.O=C(O)C(F)(F)F.O=C(O)C(F)(F)F. The van der Waals surface area contributed by atoms with E-state index >= 15 is 0 Å². The fourth-order valence-corrected chi connectivity index (χ4v) is 3.96. The molecule has 0 saturated carbocycles. The fourth-order valence-electron chi connectivity index (χ4n) is 3.96.